The Morgan fingerprint density at radius 1 is 1.07 bits per heavy atom. The molecule has 2 aromatic carbocycles. The summed E-state index contributed by atoms with van der Waals surface area (Å²) < 4.78 is 40.9. The monoisotopic (exact) mass is 394 g/mol. The Kier molecular flexibility index (Phi) is 5.08. The van der Waals surface area contributed by atoms with Crippen LogP contribution in [0.4, 0.5) is 13.2 Å². The summed E-state index contributed by atoms with van der Waals surface area (Å²) in [5, 5.41) is 0.753. The number of likely N-dealkylation sites (tertiary alicyclic amines) is 1. The summed E-state index contributed by atoms with van der Waals surface area (Å²) in [7, 11) is 0. The lowest BCUT2D eigenvalue weighted by Crippen LogP contribution is -2.24. The number of halogens is 4. The molecule has 1 aliphatic carbocycles. The van der Waals surface area contributed by atoms with E-state index in [9.17, 15) is 13.2 Å². The van der Waals surface area contributed by atoms with Crippen LogP contribution in [0.5, 0.6) is 5.75 Å². The van der Waals surface area contributed by atoms with Gasteiger partial charge in [0.2, 0.25) is 0 Å². The molecule has 2 atom stereocenters. The van der Waals surface area contributed by atoms with Crippen LogP contribution in [0, 0.1) is 24.2 Å². The Morgan fingerprint density at radius 3 is 2.44 bits per heavy atom. The van der Waals surface area contributed by atoms with Crippen LogP contribution in [0.2, 0.25) is 5.02 Å². The Balaban J connectivity index is 1.23. The molecule has 2 aromatic rings. The minimum absolute atomic E-state index is 0.165. The Morgan fingerprint density at radius 2 is 1.78 bits per heavy atom. The highest BCUT2D eigenvalue weighted by molar-refractivity contribution is 6.30. The van der Waals surface area contributed by atoms with E-state index in [1.807, 2.05) is 24.6 Å². The van der Waals surface area contributed by atoms with E-state index in [-0.39, 0.29) is 5.75 Å². The summed E-state index contributed by atoms with van der Waals surface area (Å²) in [4.78, 5) is 2.47. The molecule has 143 valence electrons. The molecular formula is C21H20ClF3NO. The molecule has 0 spiro atoms. The van der Waals surface area contributed by atoms with Crippen LogP contribution in [-0.2, 0) is 6.54 Å². The summed E-state index contributed by atoms with van der Waals surface area (Å²) >= 11 is 5.92. The number of fused-ring (bicyclic) bond motifs is 1. The summed E-state index contributed by atoms with van der Waals surface area (Å²) in [6.07, 6.45) is -1.73. The molecule has 2 aliphatic rings. The van der Waals surface area contributed by atoms with Gasteiger partial charge in [-0.05, 0) is 66.0 Å². The minimum Gasteiger partial charge on any atom is -0.406 e. The first kappa shape index (κ1) is 18.6. The van der Waals surface area contributed by atoms with E-state index >= 15 is 0 Å². The molecule has 2 unspecified atom stereocenters. The first-order valence-electron chi connectivity index (χ1n) is 9.03. The van der Waals surface area contributed by atoms with Crippen LogP contribution in [0.25, 0.3) is 0 Å². The van der Waals surface area contributed by atoms with Crippen LogP contribution in [0.3, 0.4) is 0 Å². The van der Waals surface area contributed by atoms with Crippen molar-refractivity contribution in [2.24, 2.45) is 17.8 Å². The van der Waals surface area contributed by atoms with Gasteiger partial charge in [-0.3, -0.25) is 4.90 Å². The van der Waals surface area contributed by atoms with E-state index in [4.69, 9.17) is 11.6 Å². The SMILES string of the molecule is FC(F)(F)Oc1cccc([CH]CC2C3CN(Cc4ccc(Cl)cc4)CC23)c1. The lowest BCUT2D eigenvalue weighted by molar-refractivity contribution is -0.274. The average Bonchev–Trinajstić information content (AvgIpc) is 3.05. The molecule has 1 aliphatic heterocycles. The van der Waals surface area contributed by atoms with E-state index in [2.05, 4.69) is 21.8 Å². The largest absolute Gasteiger partial charge is 0.573 e. The fourth-order valence-electron chi connectivity index (χ4n) is 4.17. The second kappa shape index (κ2) is 7.36. The smallest absolute Gasteiger partial charge is 0.406 e. The highest BCUT2D eigenvalue weighted by Gasteiger charge is 2.54. The van der Waals surface area contributed by atoms with Gasteiger partial charge in [-0.25, -0.2) is 0 Å². The van der Waals surface area contributed by atoms with E-state index in [0.29, 0.717) is 17.8 Å². The fourth-order valence-corrected chi connectivity index (χ4v) is 4.30. The summed E-state index contributed by atoms with van der Waals surface area (Å²) in [6, 6.07) is 14.1. The van der Waals surface area contributed by atoms with Crippen LogP contribution in [-0.4, -0.2) is 24.4 Å². The number of piperidine rings is 1. The first-order chi connectivity index (χ1) is 12.9. The lowest BCUT2D eigenvalue weighted by Gasteiger charge is -2.19. The van der Waals surface area contributed by atoms with Gasteiger partial charge < -0.3 is 4.74 Å². The minimum atomic E-state index is -4.65. The van der Waals surface area contributed by atoms with E-state index in [1.54, 1.807) is 6.07 Å². The third kappa shape index (κ3) is 4.77. The predicted molar refractivity (Wildman–Crippen MR) is 98.3 cm³/mol. The number of hydrogen-bond acceptors (Lipinski definition) is 2. The standard InChI is InChI=1S/C21H20ClF3NO/c22-16-7-4-15(5-8-16)11-26-12-19-18(20(19)13-26)9-6-14-2-1-3-17(10-14)27-21(23,24)25/h1-8,10,18-20H,9,11-13H2. The number of rotatable bonds is 6. The number of nitrogens with zero attached hydrogens (tertiary/aromatic N) is 1. The van der Waals surface area contributed by atoms with Crippen LogP contribution < -0.4 is 4.74 Å². The van der Waals surface area contributed by atoms with Crippen molar-refractivity contribution in [3.8, 4) is 5.75 Å². The third-order valence-electron chi connectivity index (χ3n) is 5.48. The van der Waals surface area contributed by atoms with Crippen molar-refractivity contribution < 1.29 is 17.9 Å². The van der Waals surface area contributed by atoms with Crippen molar-refractivity contribution in [3.63, 3.8) is 0 Å². The van der Waals surface area contributed by atoms with Crippen molar-refractivity contribution >= 4 is 11.6 Å². The van der Waals surface area contributed by atoms with Crippen molar-refractivity contribution in [2.45, 2.75) is 19.3 Å². The molecule has 0 bridgehead atoms. The fraction of sp³-hybridized carbons (Fsp3) is 0.381. The van der Waals surface area contributed by atoms with E-state index < -0.39 is 6.36 Å². The van der Waals surface area contributed by atoms with Crippen molar-refractivity contribution in [3.05, 3.63) is 71.1 Å². The van der Waals surface area contributed by atoms with Crippen LogP contribution in [0.15, 0.2) is 48.5 Å². The second-order valence-electron chi connectivity index (χ2n) is 7.37. The van der Waals surface area contributed by atoms with Gasteiger partial charge in [-0.1, -0.05) is 35.9 Å². The molecule has 4 rings (SSSR count). The van der Waals surface area contributed by atoms with Crippen LogP contribution >= 0.6 is 11.6 Å². The zero-order valence-electron chi connectivity index (χ0n) is 14.6. The Hall–Kier alpha value is -1.72. The zero-order valence-corrected chi connectivity index (χ0v) is 15.4. The van der Waals surface area contributed by atoms with Gasteiger partial charge in [-0.15, -0.1) is 13.2 Å². The van der Waals surface area contributed by atoms with Crippen molar-refractivity contribution in [1.29, 1.82) is 0 Å². The Bertz CT molecular complexity index is 781. The van der Waals surface area contributed by atoms with Gasteiger partial charge in [0, 0.05) is 24.7 Å². The average molecular weight is 395 g/mol. The second-order valence-corrected chi connectivity index (χ2v) is 7.81. The molecule has 1 heterocycles. The molecule has 1 radical (unpaired) electrons. The maximum absolute atomic E-state index is 12.3. The quantitative estimate of drug-likeness (QED) is 0.636. The van der Waals surface area contributed by atoms with Crippen LogP contribution in [0.1, 0.15) is 17.5 Å². The maximum atomic E-state index is 12.3. The molecule has 6 heteroatoms. The third-order valence-corrected chi connectivity index (χ3v) is 5.74. The molecule has 2 nitrogen and oxygen atoms in total. The summed E-state index contributed by atoms with van der Waals surface area (Å²) in [6.45, 7) is 3.11. The maximum Gasteiger partial charge on any atom is 0.573 e. The molecule has 27 heavy (non-hydrogen) atoms. The highest BCUT2D eigenvalue weighted by atomic mass is 35.5. The van der Waals surface area contributed by atoms with Gasteiger partial charge in [0.25, 0.3) is 0 Å². The Labute approximate surface area is 161 Å². The number of ether oxygens (including phenoxy) is 1. The summed E-state index contributed by atoms with van der Waals surface area (Å²) in [5.41, 5.74) is 2.05. The molecular weight excluding hydrogens is 375 g/mol. The van der Waals surface area contributed by atoms with Gasteiger partial charge in [0.05, 0.1) is 0 Å². The summed E-state index contributed by atoms with van der Waals surface area (Å²) in [5.74, 6) is 1.87. The van der Waals surface area contributed by atoms with Crippen molar-refractivity contribution in [2.75, 3.05) is 13.1 Å². The molecule has 0 N–H and O–H groups in total. The molecule has 0 amide bonds. The van der Waals surface area contributed by atoms with E-state index in [1.165, 1.54) is 17.7 Å². The van der Waals surface area contributed by atoms with Gasteiger partial charge >= 0.3 is 6.36 Å². The lowest BCUT2D eigenvalue weighted by atomic mass is 10.0. The number of benzene rings is 2. The van der Waals surface area contributed by atoms with Gasteiger partial charge in [-0.2, -0.15) is 0 Å². The topological polar surface area (TPSA) is 12.5 Å². The number of hydrogen-bond donors (Lipinski definition) is 0. The zero-order chi connectivity index (χ0) is 19.0. The normalized spacial score (nSPS) is 24.7. The molecule has 2 fully saturated rings. The number of alkyl halides is 3. The van der Waals surface area contributed by atoms with Crippen molar-refractivity contribution in [1.82, 2.24) is 4.90 Å². The van der Waals surface area contributed by atoms with Gasteiger partial charge in [0.1, 0.15) is 5.75 Å². The first-order valence-corrected chi connectivity index (χ1v) is 9.41. The molecule has 1 saturated heterocycles. The van der Waals surface area contributed by atoms with Gasteiger partial charge in [0.15, 0.2) is 0 Å². The molecule has 0 aromatic heterocycles. The highest BCUT2D eigenvalue weighted by Crippen LogP contribution is 2.54. The van der Waals surface area contributed by atoms with E-state index in [0.717, 1.165) is 36.6 Å². The predicted octanol–water partition coefficient (Wildman–Crippen LogP) is 5.56. The molecule has 1 saturated carbocycles.